The van der Waals surface area contributed by atoms with Gasteiger partial charge >= 0.3 is 0 Å². The summed E-state index contributed by atoms with van der Waals surface area (Å²) in [6, 6.07) is 0. The van der Waals surface area contributed by atoms with E-state index in [4.69, 9.17) is 10.5 Å². The molecule has 0 saturated heterocycles. The first-order valence-corrected chi connectivity index (χ1v) is 2.79. The number of rotatable bonds is 0. The van der Waals surface area contributed by atoms with Crippen molar-refractivity contribution in [2.75, 3.05) is 0 Å². The van der Waals surface area contributed by atoms with Gasteiger partial charge < -0.3 is 4.74 Å². The summed E-state index contributed by atoms with van der Waals surface area (Å²) in [7, 11) is 0. The van der Waals surface area contributed by atoms with E-state index in [0.717, 1.165) is 5.76 Å². The Kier molecular flexibility index (Phi) is 1.29. The van der Waals surface area contributed by atoms with Crippen LogP contribution in [0.25, 0.3) is 0 Å². The third-order valence-electron chi connectivity index (χ3n) is 0.968. The minimum Gasteiger partial charge on any atom is -0.471 e. The van der Waals surface area contributed by atoms with Gasteiger partial charge in [0.05, 0.1) is 12.4 Å². The first-order chi connectivity index (χ1) is 4.10. The summed E-state index contributed by atoms with van der Waals surface area (Å²) >= 11 is 0. The average molecular weight is 126 g/mol. The van der Waals surface area contributed by atoms with Crippen LogP contribution >= 0.6 is 0 Å². The lowest BCUT2D eigenvalue weighted by Gasteiger charge is -2.23. The number of hydrogen-bond acceptors (Lipinski definition) is 3. The van der Waals surface area contributed by atoms with Crippen molar-refractivity contribution in [3.8, 4) is 0 Å². The van der Waals surface area contributed by atoms with Gasteiger partial charge in [0.25, 0.3) is 0 Å². The average Bonchev–Trinajstić information content (AvgIpc) is 1.60. The largest absolute Gasteiger partial charge is 0.471 e. The fraction of sp³-hybridized carbons (Fsp3) is 0.500. The van der Waals surface area contributed by atoms with Gasteiger partial charge in [-0.2, -0.15) is 0 Å². The Morgan fingerprint density at radius 3 is 2.78 bits per heavy atom. The Balaban J connectivity index is 2.73. The van der Waals surface area contributed by atoms with E-state index in [2.05, 4.69) is 4.99 Å². The van der Waals surface area contributed by atoms with E-state index in [-0.39, 0.29) is 0 Å². The fourth-order valence-corrected chi connectivity index (χ4v) is 0.690. The Bertz CT molecular complexity index is 170. The van der Waals surface area contributed by atoms with Crippen LogP contribution < -0.4 is 5.73 Å². The molecule has 0 fully saturated rings. The van der Waals surface area contributed by atoms with Crippen LogP contribution in [0.2, 0.25) is 0 Å². The summed E-state index contributed by atoms with van der Waals surface area (Å²) in [4.78, 5) is 3.87. The lowest BCUT2D eigenvalue weighted by molar-refractivity contribution is 0.0865. The Morgan fingerprint density at radius 2 is 2.44 bits per heavy atom. The van der Waals surface area contributed by atoms with Crippen LogP contribution in [0.3, 0.4) is 0 Å². The fourth-order valence-electron chi connectivity index (χ4n) is 0.690. The number of aliphatic imine (C=N–C) groups is 1. The predicted octanol–water partition coefficient (Wildman–Crippen LogP) is 0.624. The molecule has 0 saturated carbocycles. The third-order valence-corrected chi connectivity index (χ3v) is 0.968. The first-order valence-electron chi connectivity index (χ1n) is 2.79. The van der Waals surface area contributed by atoms with Crippen molar-refractivity contribution >= 4 is 6.21 Å². The molecule has 9 heavy (non-hydrogen) atoms. The summed E-state index contributed by atoms with van der Waals surface area (Å²) in [5.41, 5.74) is 4.85. The molecule has 1 rings (SSSR count). The van der Waals surface area contributed by atoms with Gasteiger partial charge in [-0.25, -0.2) is 0 Å². The molecule has 2 N–H and O–H groups in total. The maximum absolute atomic E-state index is 5.56. The van der Waals surface area contributed by atoms with Crippen molar-refractivity contribution in [3.05, 3.63) is 12.0 Å². The molecule has 0 radical (unpaired) electrons. The highest BCUT2D eigenvalue weighted by molar-refractivity contribution is 5.68. The molecule has 1 aliphatic rings. The highest BCUT2D eigenvalue weighted by Crippen LogP contribution is 2.10. The van der Waals surface area contributed by atoms with Crippen LogP contribution in [0.15, 0.2) is 17.0 Å². The Labute approximate surface area is 54.2 Å². The van der Waals surface area contributed by atoms with E-state index >= 15 is 0 Å². The third kappa shape index (κ3) is 1.54. The molecule has 1 atom stereocenters. The van der Waals surface area contributed by atoms with Crippen molar-refractivity contribution in [1.82, 2.24) is 0 Å². The van der Waals surface area contributed by atoms with Crippen LogP contribution in [0.5, 0.6) is 0 Å². The van der Waals surface area contributed by atoms with E-state index in [0.29, 0.717) is 0 Å². The molecule has 0 amide bonds. The van der Waals surface area contributed by atoms with Gasteiger partial charge in [0.1, 0.15) is 5.76 Å². The summed E-state index contributed by atoms with van der Waals surface area (Å²) in [5, 5.41) is 0. The zero-order valence-corrected chi connectivity index (χ0v) is 5.59. The summed E-state index contributed by atoms with van der Waals surface area (Å²) in [6.07, 6.45) is 3.20. The summed E-state index contributed by atoms with van der Waals surface area (Å²) in [5.74, 6) is 0.752. The molecule has 3 heteroatoms. The molecule has 1 unspecified atom stereocenters. The zero-order valence-electron chi connectivity index (χ0n) is 5.59. The van der Waals surface area contributed by atoms with Gasteiger partial charge in [-0.1, -0.05) is 0 Å². The van der Waals surface area contributed by atoms with Gasteiger partial charge in [0.15, 0.2) is 5.72 Å². The van der Waals surface area contributed by atoms with E-state index < -0.39 is 5.72 Å². The molecule has 0 aromatic heterocycles. The number of nitrogens with zero attached hydrogens (tertiary/aromatic N) is 1. The van der Waals surface area contributed by atoms with Gasteiger partial charge in [0, 0.05) is 0 Å². The van der Waals surface area contributed by atoms with Gasteiger partial charge in [0.2, 0.25) is 0 Å². The van der Waals surface area contributed by atoms with E-state index in [1.165, 1.54) is 0 Å². The summed E-state index contributed by atoms with van der Waals surface area (Å²) < 4.78 is 5.16. The maximum Gasteiger partial charge on any atom is 0.191 e. The summed E-state index contributed by atoms with van der Waals surface area (Å²) in [6.45, 7) is 3.58. The molecule has 1 heterocycles. The Morgan fingerprint density at radius 1 is 1.78 bits per heavy atom. The van der Waals surface area contributed by atoms with Crippen molar-refractivity contribution in [2.24, 2.45) is 10.7 Å². The zero-order chi connectivity index (χ0) is 6.91. The molecular formula is C6H10N2O. The lowest BCUT2D eigenvalue weighted by Crippen LogP contribution is -2.41. The maximum atomic E-state index is 5.56. The first kappa shape index (κ1) is 6.29. The molecule has 0 aliphatic carbocycles. The van der Waals surface area contributed by atoms with Gasteiger partial charge in [-0.15, -0.1) is 0 Å². The monoisotopic (exact) mass is 126 g/mol. The smallest absolute Gasteiger partial charge is 0.191 e. The van der Waals surface area contributed by atoms with Crippen LogP contribution in [0, 0.1) is 0 Å². The predicted molar refractivity (Wildman–Crippen MR) is 35.9 cm³/mol. The van der Waals surface area contributed by atoms with Crippen LogP contribution in [-0.2, 0) is 4.74 Å². The SMILES string of the molecule is CC1=CN=CC(C)(N)O1. The van der Waals surface area contributed by atoms with Gasteiger partial charge in [-0.3, -0.25) is 10.7 Å². The minimum atomic E-state index is -0.709. The number of ether oxygens (including phenoxy) is 1. The van der Waals surface area contributed by atoms with Crippen molar-refractivity contribution in [3.63, 3.8) is 0 Å². The standard InChI is InChI=1S/C6H10N2O/c1-5-3-8-4-6(2,7)9-5/h3-4H,7H2,1-2H3. The second-order valence-corrected chi connectivity index (χ2v) is 2.30. The van der Waals surface area contributed by atoms with Crippen LogP contribution in [0.4, 0.5) is 0 Å². The second-order valence-electron chi connectivity index (χ2n) is 2.30. The van der Waals surface area contributed by atoms with Crippen molar-refractivity contribution < 1.29 is 4.74 Å². The van der Waals surface area contributed by atoms with Gasteiger partial charge in [-0.05, 0) is 13.8 Å². The van der Waals surface area contributed by atoms with Crippen LogP contribution in [-0.4, -0.2) is 11.9 Å². The normalized spacial score (nSPS) is 33.4. The number of allylic oxidation sites excluding steroid dienone is 1. The molecule has 1 aliphatic heterocycles. The van der Waals surface area contributed by atoms with Crippen molar-refractivity contribution in [1.29, 1.82) is 0 Å². The second kappa shape index (κ2) is 1.84. The highest BCUT2D eigenvalue weighted by atomic mass is 16.5. The molecular weight excluding hydrogens is 116 g/mol. The molecule has 0 bridgehead atoms. The van der Waals surface area contributed by atoms with Crippen LogP contribution in [0.1, 0.15) is 13.8 Å². The Hall–Kier alpha value is -0.830. The van der Waals surface area contributed by atoms with E-state index in [1.807, 2.05) is 6.92 Å². The van der Waals surface area contributed by atoms with Crippen molar-refractivity contribution in [2.45, 2.75) is 19.6 Å². The van der Waals surface area contributed by atoms with E-state index in [1.54, 1.807) is 19.3 Å². The molecule has 0 spiro atoms. The number of hydrogen-bond donors (Lipinski definition) is 1. The van der Waals surface area contributed by atoms with E-state index in [9.17, 15) is 0 Å². The topological polar surface area (TPSA) is 47.6 Å². The highest BCUT2D eigenvalue weighted by Gasteiger charge is 2.18. The molecule has 50 valence electrons. The minimum absolute atomic E-state index is 0.709. The molecule has 0 aromatic rings. The molecule has 3 nitrogen and oxygen atoms in total. The quantitative estimate of drug-likeness (QED) is 0.517. The molecule has 0 aromatic carbocycles. The lowest BCUT2D eigenvalue weighted by atomic mass is 10.3. The number of nitrogens with two attached hydrogens (primary N) is 1.